The summed E-state index contributed by atoms with van der Waals surface area (Å²) in [6, 6.07) is 0. The van der Waals surface area contributed by atoms with E-state index in [0.717, 1.165) is 26.2 Å². The summed E-state index contributed by atoms with van der Waals surface area (Å²) in [5.74, 6) is 0. The minimum Gasteiger partial charge on any atom is -0.374 e. The quantitative estimate of drug-likeness (QED) is 0.826. The molecule has 3 rings (SSSR count). The first-order valence-corrected chi connectivity index (χ1v) is 8.53. The second kappa shape index (κ2) is 6.73. The Bertz CT molecular complexity index is 304. The molecule has 1 saturated carbocycles. The van der Waals surface area contributed by atoms with E-state index in [1.54, 1.807) is 0 Å². The average molecular weight is 281 g/mol. The normalized spacial score (nSPS) is 33.1. The molecular formula is C16H31N3O. The Balaban J connectivity index is 1.57. The van der Waals surface area contributed by atoms with Gasteiger partial charge in [-0.1, -0.05) is 19.3 Å². The van der Waals surface area contributed by atoms with Crippen molar-refractivity contribution < 1.29 is 4.74 Å². The third kappa shape index (κ3) is 3.73. The fraction of sp³-hybridized carbons (Fsp3) is 1.00. The number of likely N-dealkylation sites (N-methyl/N-ethyl adjacent to an activating group) is 1. The minimum absolute atomic E-state index is 0.410. The Morgan fingerprint density at radius 2 is 2.00 bits per heavy atom. The lowest BCUT2D eigenvalue weighted by Gasteiger charge is -2.41. The fourth-order valence-corrected chi connectivity index (χ4v) is 4.20. The van der Waals surface area contributed by atoms with Gasteiger partial charge in [0, 0.05) is 31.7 Å². The van der Waals surface area contributed by atoms with Crippen LogP contribution in [0.1, 0.15) is 38.5 Å². The van der Waals surface area contributed by atoms with Crippen LogP contribution >= 0.6 is 0 Å². The number of nitrogens with zero attached hydrogens (tertiary/aromatic N) is 2. The molecular weight excluding hydrogens is 250 g/mol. The molecule has 0 amide bonds. The van der Waals surface area contributed by atoms with E-state index in [2.05, 4.69) is 22.2 Å². The van der Waals surface area contributed by atoms with Gasteiger partial charge in [0.15, 0.2) is 0 Å². The molecule has 0 radical (unpaired) electrons. The van der Waals surface area contributed by atoms with Gasteiger partial charge >= 0.3 is 0 Å². The van der Waals surface area contributed by atoms with Crippen LogP contribution in [0.3, 0.4) is 0 Å². The van der Waals surface area contributed by atoms with E-state index in [1.165, 1.54) is 58.2 Å². The summed E-state index contributed by atoms with van der Waals surface area (Å²) >= 11 is 0. The summed E-state index contributed by atoms with van der Waals surface area (Å²) in [5.41, 5.74) is 0.412. The van der Waals surface area contributed by atoms with Crippen LogP contribution in [0.15, 0.2) is 0 Å². The van der Waals surface area contributed by atoms with E-state index in [1.807, 2.05) is 0 Å². The number of nitrogens with one attached hydrogen (secondary N) is 1. The first kappa shape index (κ1) is 14.8. The maximum absolute atomic E-state index is 5.96. The van der Waals surface area contributed by atoms with E-state index >= 15 is 0 Å². The summed E-state index contributed by atoms with van der Waals surface area (Å²) in [5, 5.41) is 3.88. The molecule has 20 heavy (non-hydrogen) atoms. The standard InChI is InChI=1S/C16H31N3O/c1-18-10-11-20-15(12-18)13-19-9-5-8-17-16(14-19)6-3-2-4-7-16/h15,17H,2-14H2,1H3. The average Bonchev–Trinajstić information content (AvgIpc) is 2.62. The maximum atomic E-state index is 5.96. The molecule has 4 heteroatoms. The molecule has 4 nitrogen and oxygen atoms in total. The summed E-state index contributed by atoms with van der Waals surface area (Å²) in [7, 11) is 2.21. The Kier molecular flexibility index (Phi) is 4.97. The van der Waals surface area contributed by atoms with Crippen molar-refractivity contribution >= 4 is 0 Å². The van der Waals surface area contributed by atoms with Crippen molar-refractivity contribution in [2.75, 3.05) is 52.9 Å². The number of ether oxygens (including phenoxy) is 1. The van der Waals surface area contributed by atoms with Gasteiger partial charge in [0.05, 0.1) is 12.7 Å². The van der Waals surface area contributed by atoms with Gasteiger partial charge < -0.3 is 15.0 Å². The molecule has 0 aromatic carbocycles. The third-order valence-corrected chi connectivity index (χ3v) is 5.29. The Morgan fingerprint density at radius 1 is 1.15 bits per heavy atom. The zero-order chi connectivity index (χ0) is 13.8. The van der Waals surface area contributed by atoms with Gasteiger partial charge in [-0.15, -0.1) is 0 Å². The molecule has 116 valence electrons. The van der Waals surface area contributed by atoms with Crippen LogP contribution in [0.25, 0.3) is 0 Å². The van der Waals surface area contributed by atoms with Crippen molar-refractivity contribution in [1.82, 2.24) is 15.1 Å². The number of morpholine rings is 1. The highest BCUT2D eigenvalue weighted by Crippen LogP contribution is 2.30. The molecule has 3 fully saturated rings. The van der Waals surface area contributed by atoms with E-state index in [-0.39, 0.29) is 0 Å². The zero-order valence-electron chi connectivity index (χ0n) is 13.1. The molecule has 0 bridgehead atoms. The molecule has 1 spiro atoms. The van der Waals surface area contributed by atoms with Gasteiger partial charge in [0.1, 0.15) is 0 Å². The molecule has 1 atom stereocenters. The van der Waals surface area contributed by atoms with Crippen LogP contribution < -0.4 is 5.32 Å². The summed E-state index contributed by atoms with van der Waals surface area (Å²) in [6.07, 6.45) is 8.67. The van der Waals surface area contributed by atoms with Crippen LogP contribution in [-0.2, 0) is 4.74 Å². The molecule has 1 N–H and O–H groups in total. The SMILES string of the molecule is CN1CCOC(CN2CCCNC3(CCCCC3)C2)C1. The molecule has 2 aliphatic heterocycles. The smallest absolute Gasteiger partial charge is 0.0829 e. The fourth-order valence-electron chi connectivity index (χ4n) is 4.20. The van der Waals surface area contributed by atoms with Crippen LogP contribution in [-0.4, -0.2) is 74.4 Å². The lowest BCUT2D eigenvalue weighted by atomic mass is 9.81. The summed E-state index contributed by atoms with van der Waals surface area (Å²) in [4.78, 5) is 5.08. The first-order chi connectivity index (χ1) is 9.76. The van der Waals surface area contributed by atoms with Crippen LogP contribution in [0, 0.1) is 0 Å². The largest absolute Gasteiger partial charge is 0.374 e. The zero-order valence-corrected chi connectivity index (χ0v) is 13.1. The summed E-state index contributed by atoms with van der Waals surface area (Å²) in [6.45, 7) is 7.86. The van der Waals surface area contributed by atoms with Crippen molar-refractivity contribution in [1.29, 1.82) is 0 Å². The van der Waals surface area contributed by atoms with E-state index in [4.69, 9.17) is 4.74 Å². The molecule has 2 saturated heterocycles. The van der Waals surface area contributed by atoms with Gasteiger partial charge in [-0.25, -0.2) is 0 Å². The number of rotatable bonds is 2. The Morgan fingerprint density at radius 3 is 2.80 bits per heavy atom. The van der Waals surface area contributed by atoms with Crippen molar-refractivity contribution in [3.63, 3.8) is 0 Å². The highest BCUT2D eigenvalue weighted by molar-refractivity contribution is 4.95. The Hall–Kier alpha value is -0.160. The first-order valence-electron chi connectivity index (χ1n) is 8.53. The number of hydrogen-bond acceptors (Lipinski definition) is 4. The molecule has 1 unspecified atom stereocenters. The molecule has 2 heterocycles. The van der Waals surface area contributed by atoms with E-state index in [9.17, 15) is 0 Å². The van der Waals surface area contributed by atoms with Crippen molar-refractivity contribution in [2.45, 2.75) is 50.2 Å². The van der Waals surface area contributed by atoms with Crippen LogP contribution in [0.4, 0.5) is 0 Å². The van der Waals surface area contributed by atoms with Crippen molar-refractivity contribution in [3.8, 4) is 0 Å². The van der Waals surface area contributed by atoms with Crippen LogP contribution in [0.5, 0.6) is 0 Å². The van der Waals surface area contributed by atoms with Crippen molar-refractivity contribution in [2.24, 2.45) is 0 Å². The van der Waals surface area contributed by atoms with Gasteiger partial charge in [-0.05, 0) is 39.4 Å². The highest BCUT2D eigenvalue weighted by Gasteiger charge is 2.35. The maximum Gasteiger partial charge on any atom is 0.0829 e. The topological polar surface area (TPSA) is 27.7 Å². The van der Waals surface area contributed by atoms with Gasteiger partial charge in [-0.3, -0.25) is 4.90 Å². The third-order valence-electron chi connectivity index (χ3n) is 5.29. The summed E-state index contributed by atoms with van der Waals surface area (Å²) < 4.78 is 5.96. The molecule has 1 aliphatic carbocycles. The monoisotopic (exact) mass is 281 g/mol. The molecule has 0 aromatic rings. The minimum atomic E-state index is 0.410. The number of hydrogen-bond donors (Lipinski definition) is 1. The van der Waals surface area contributed by atoms with Crippen molar-refractivity contribution in [3.05, 3.63) is 0 Å². The van der Waals surface area contributed by atoms with E-state index < -0.39 is 0 Å². The van der Waals surface area contributed by atoms with Gasteiger partial charge in [0.2, 0.25) is 0 Å². The van der Waals surface area contributed by atoms with Gasteiger partial charge in [-0.2, -0.15) is 0 Å². The second-order valence-electron chi connectivity index (χ2n) is 7.11. The molecule has 3 aliphatic rings. The Labute approximate surface area is 123 Å². The molecule has 0 aromatic heterocycles. The van der Waals surface area contributed by atoms with E-state index in [0.29, 0.717) is 11.6 Å². The lowest BCUT2D eigenvalue weighted by molar-refractivity contribution is -0.0381. The highest BCUT2D eigenvalue weighted by atomic mass is 16.5. The van der Waals surface area contributed by atoms with Gasteiger partial charge in [0.25, 0.3) is 0 Å². The van der Waals surface area contributed by atoms with Crippen LogP contribution in [0.2, 0.25) is 0 Å². The lowest BCUT2D eigenvalue weighted by Crippen LogP contribution is -2.54. The predicted molar refractivity (Wildman–Crippen MR) is 82.1 cm³/mol. The second-order valence-corrected chi connectivity index (χ2v) is 7.11. The predicted octanol–water partition coefficient (Wildman–Crippen LogP) is 1.32.